The number of nitrogens with zero attached hydrogens (tertiary/aromatic N) is 4. The lowest BCUT2D eigenvalue weighted by molar-refractivity contribution is -0.384. The number of nitrogens with one attached hydrogen (secondary N) is 1. The lowest BCUT2D eigenvalue weighted by atomic mass is 9.67. The van der Waals surface area contributed by atoms with E-state index >= 15 is 0 Å². The van der Waals surface area contributed by atoms with Crippen molar-refractivity contribution in [3.05, 3.63) is 57.6 Å². The molecule has 0 aromatic heterocycles. The number of hydrogen-bond donors (Lipinski definition) is 1. The molecule has 204 valence electrons. The summed E-state index contributed by atoms with van der Waals surface area (Å²) in [6, 6.07) is 9.08. The van der Waals surface area contributed by atoms with Crippen LogP contribution < -0.4 is 19.7 Å². The van der Waals surface area contributed by atoms with Crippen molar-refractivity contribution in [1.29, 1.82) is 0 Å². The first-order valence-corrected chi connectivity index (χ1v) is 13.1. The number of benzene rings is 2. The number of unbranched alkanes of at least 4 members (excludes halogenated alkanes) is 1. The van der Waals surface area contributed by atoms with Gasteiger partial charge in [0.05, 0.1) is 11.0 Å². The minimum absolute atomic E-state index is 0.0242. The van der Waals surface area contributed by atoms with Crippen LogP contribution in [-0.2, 0) is 22.6 Å². The smallest absolute Gasteiger partial charge is 0.330 e. The van der Waals surface area contributed by atoms with E-state index in [-0.39, 0.29) is 25.4 Å². The maximum Gasteiger partial charge on any atom is 0.330 e. The van der Waals surface area contributed by atoms with Crippen LogP contribution in [0, 0.1) is 15.5 Å². The molecule has 39 heavy (non-hydrogen) atoms. The van der Waals surface area contributed by atoms with Gasteiger partial charge in [0, 0.05) is 57.0 Å². The third kappa shape index (κ3) is 4.06. The molecular weight excluding hydrogens is 506 g/mol. The number of nitro benzene ring substituents is 1. The molecule has 2 aromatic rings. The average Bonchev–Trinajstić information content (AvgIpc) is 3.39. The van der Waals surface area contributed by atoms with E-state index in [1.165, 1.54) is 12.1 Å². The summed E-state index contributed by atoms with van der Waals surface area (Å²) in [5, 5.41) is 14.0. The molecule has 0 aliphatic carbocycles. The Hall–Kier alpha value is -4.19. The SMILES string of the molecule is CCCCN1C(=O)NC(=O)[C@@]2(Cc3cc([N+](=O)[O-])ccc3N3CCN(Cc4ccc5c(c4)OCO5)C[C@@H]32)C1=O. The molecule has 2 aromatic carbocycles. The second-order valence-electron chi connectivity index (χ2n) is 10.4. The number of non-ortho nitro benzene ring substituents is 1. The molecule has 12 heteroatoms. The average molecular weight is 536 g/mol. The molecule has 1 N–H and O–H groups in total. The van der Waals surface area contributed by atoms with Crippen molar-refractivity contribution in [3.8, 4) is 11.5 Å². The molecule has 2 atom stereocenters. The Kier molecular flexibility index (Phi) is 6.13. The Morgan fingerprint density at radius 1 is 1.10 bits per heavy atom. The number of nitro groups is 1. The van der Waals surface area contributed by atoms with Gasteiger partial charge in [-0.15, -0.1) is 0 Å². The summed E-state index contributed by atoms with van der Waals surface area (Å²) in [5.74, 6) is 0.189. The molecule has 0 unspecified atom stereocenters. The third-order valence-electron chi connectivity index (χ3n) is 8.16. The molecule has 0 bridgehead atoms. The van der Waals surface area contributed by atoms with Crippen LogP contribution in [0.25, 0.3) is 0 Å². The third-order valence-corrected chi connectivity index (χ3v) is 8.16. The van der Waals surface area contributed by atoms with Crippen molar-refractivity contribution in [2.45, 2.75) is 38.8 Å². The van der Waals surface area contributed by atoms with Crippen LogP contribution >= 0.6 is 0 Å². The topological polar surface area (TPSA) is 135 Å². The summed E-state index contributed by atoms with van der Waals surface area (Å²) < 4.78 is 10.9. The number of hydrogen-bond acceptors (Lipinski definition) is 9. The van der Waals surface area contributed by atoms with Crippen LogP contribution in [0.2, 0.25) is 0 Å². The number of carbonyl (C=O) groups is 3. The van der Waals surface area contributed by atoms with E-state index in [9.17, 15) is 24.5 Å². The van der Waals surface area contributed by atoms with Gasteiger partial charge in [0.1, 0.15) is 0 Å². The van der Waals surface area contributed by atoms with Crippen LogP contribution in [-0.4, -0.2) is 71.6 Å². The first-order chi connectivity index (χ1) is 18.8. The van der Waals surface area contributed by atoms with E-state index in [4.69, 9.17) is 9.47 Å². The van der Waals surface area contributed by atoms with Gasteiger partial charge in [-0.25, -0.2) is 4.79 Å². The summed E-state index contributed by atoms with van der Waals surface area (Å²) in [6.45, 7) is 4.45. The molecule has 2 saturated heterocycles. The zero-order chi connectivity index (χ0) is 27.3. The monoisotopic (exact) mass is 535 g/mol. The van der Waals surface area contributed by atoms with Gasteiger partial charge in [0.2, 0.25) is 18.6 Å². The van der Waals surface area contributed by atoms with Crippen LogP contribution in [0.4, 0.5) is 16.2 Å². The van der Waals surface area contributed by atoms with Crippen molar-refractivity contribution in [3.63, 3.8) is 0 Å². The molecule has 0 saturated carbocycles. The normalized spacial score (nSPS) is 24.0. The highest BCUT2D eigenvalue weighted by atomic mass is 16.7. The molecule has 12 nitrogen and oxygen atoms in total. The standard InChI is InChI=1S/C27H29N5O7/c1-2-3-8-31-25(34)27(24(33)28-26(31)35)13-18-12-19(32(36)37)5-6-20(18)30-10-9-29(15-23(27)30)14-17-4-7-21-22(11-17)39-16-38-21/h4-7,11-12,23H,2-3,8-10,13-16H2,1H3,(H,28,33,35)/t23-,27+/m1/s1. The second-order valence-corrected chi connectivity index (χ2v) is 10.4. The molecule has 4 aliphatic rings. The lowest BCUT2D eigenvalue weighted by Crippen LogP contribution is -2.75. The number of ether oxygens (including phenoxy) is 2. The quantitative estimate of drug-likeness (QED) is 0.336. The van der Waals surface area contributed by atoms with Gasteiger partial charge >= 0.3 is 6.03 Å². The van der Waals surface area contributed by atoms with Gasteiger partial charge in [-0.2, -0.15) is 0 Å². The predicted molar refractivity (Wildman–Crippen MR) is 138 cm³/mol. The van der Waals surface area contributed by atoms with Crippen molar-refractivity contribution < 1.29 is 28.8 Å². The molecule has 4 heterocycles. The van der Waals surface area contributed by atoms with Gasteiger partial charge in [-0.1, -0.05) is 19.4 Å². The largest absolute Gasteiger partial charge is 0.454 e. The van der Waals surface area contributed by atoms with Crippen LogP contribution in [0.3, 0.4) is 0 Å². The zero-order valence-corrected chi connectivity index (χ0v) is 21.6. The van der Waals surface area contributed by atoms with Crippen LogP contribution in [0.15, 0.2) is 36.4 Å². The predicted octanol–water partition coefficient (Wildman–Crippen LogP) is 2.44. The van der Waals surface area contributed by atoms with E-state index in [0.29, 0.717) is 49.7 Å². The molecule has 1 spiro atoms. The summed E-state index contributed by atoms with van der Waals surface area (Å²) in [5.41, 5.74) is 0.630. The number of urea groups is 1. The van der Waals surface area contributed by atoms with Crippen molar-refractivity contribution in [2.75, 3.05) is 37.9 Å². The number of carbonyl (C=O) groups excluding carboxylic acids is 3. The Bertz CT molecular complexity index is 1380. The molecule has 4 aliphatic heterocycles. The molecule has 0 radical (unpaired) electrons. The van der Waals surface area contributed by atoms with E-state index in [1.807, 2.05) is 30.0 Å². The Morgan fingerprint density at radius 3 is 2.72 bits per heavy atom. The molecule has 4 amide bonds. The van der Waals surface area contributed by atoms with Crippen molar-refractivity contribution in [1.82, 2.24) is 15.1 Å². The van der Waals surface area contributed by atoms with E-state index in [0.717, 1.165) is 22.6 Å². The molecule has 2 fully saturated rings. The molecule has 6 rings (SSSR count). The summed E-state index contributed by atoms with van der Waals surface area (Å²) in [6.07, 6.45) is 1.35. The highest BCUT2D eigenvalue weighted by Crippen LogP contribution is 2.47. The van der Waals surface area contributed by atoms with E-state index < -0.39 is 34.2 Å². The van der Waals surface area contributed by atoms with Crippen LogP contribution in [0.1, 0.15) is 30.9 Å². The number of rotatable bonds is 6. The maximum atomic E-state index is 14.1. The first-order valence-electron chi connectivity index (χ1n) is 13.1. The number of fused-ring (bicyclic) bond motifs is 5. The fraction of sp³-hybridized carbons (Fsp3) is 0.444. The van der Waals surface area contributed by atoms with Gasteiger partial charge in [-0.3, -0.25) is 34.8 Å². The Balaban J connectivity index is 1.38. The number of barbiturate groups is 1. The highest BCUT2D eigenvalue weighted by molar-refractivity contribution is 6.20. The number of imide groups is 2. The molecular formula is C27H29N5O7. The van der Waals surface area contributed by atoms with Gasteiger partial charge < -0.3 is 14.4 Å². The maximum absolute atomic E-state index is 14.1. The zero-order valence-electron chi connectivity index (χ0n) is 21.6. The lowest BCUT2D eigenvalue weighted by Gasteiger charge is -2.55. The summed E-state index contributed by atoms with van der Waals surface area (Å²) >= 11 is 0. The number of amides is 4. The fourth-order valence-electron chi connectivity index (χ4n) is 6.19. The van der Waals surface area contributed by atoms with Gasteiger partial charge in [-0.05, 0) is 35.7 Å². The summed E-state index contributed by atoms with van der Waals surface area (Å²) in [7, 11) is 0. The Morgan fingerprint density at radius 2 is 1.92 bits per heavy atom. The minimum Gasteiger partial charge on any atom is -0.454 e. The number of piperazine rings is 1. The van der Waals surface area contributed by atoms with Crippen molar-refractivity contribution >= 4 is 29.2 Å². The fourth-order valence-corrected chi connectivity index (χ4v) is 6.19. The first kappa shape index (κ1) is 25.1. The van der Waals surface area contributed by atoms with Crippen LogP contribution in [0.5, 0.6) is 11.5 Å². The number of anilines is 1. The minimum atomic E-state index is -1.60. The van der Waals surface area contributed by atoms with Gasteiger partial charge in [0.25, 0.3) is 5.69 Å². The highest BCUT2D eigenvalue weighted by Gasteiger charge is 2.62. The Labute approximate surface area is 224 Å². The summed E-state index contributed by atoms with van der Waals surface area (Å²) in [4.78, 5) is 57.0. The van der Waals surface area contributed by atoms with E-state index in [1.54, 1.807) is 6.07 Å². The van der Waals surface area contributed by atoms with Gasteiger partial charge in [0.15, 0.2) is 16.9 Å². The van der Waals surface area contributed by atoms with Crippen molar-refractivity contribution in [2.24, 2.45) is 5.41 Å². The van der Waals surface area contributed by atoms with E-state index in [2.05, 4.69) is 10.2 Å². The second kappa shape index (κ2) is 9.53.